The molecule has 0 amide bonds. The van der Waals surface area contributed by atoms with Gasteiger partial charge in [-0.1, -0.05) is 24.3 Å². The lowest BCUT2D eigenvalue weighted by Gasteiger charge is -2.36. The Morgan fingerprint density at radius 3 is 2.44 bits per heavy atom. The largest absolute Gasteiger partial charge is 0.353 e. The molecule has 0 saturated carbocycles. The summed E-state index contributed by atoms with van der Waals surface area (Å²) < 4.78 is 17.4. The number of imidazole rings is 1. The second kappa shape index (κ2) is 7.95. The van der Waals surface area contributed by atoms with Crippen molar-refractivity contribution in [2.24, 2.45) is 7.05 Å². The molecule has 4 heterocycles. The van der Waals surface area contributed by atoms with Crippen LogP contribution in [-0.2, 0) is 13.6 Å². The Morgan fingerprint density at radius 1 is 1.00 bits per heavy atom. The molecule has 10 heteroatoms. The predicted molar refractivity (Wildman–Crippen MR) is 120 cm³/mol. The zero-order chi connectivity index (χ0) is 22.2. The Labute approximate surface area is 182 Å². The standard InChI is InChI=1S/C22H22FN7O2/c1-27-19-18(20(31)26-22(27)32)30(14-15-6-2-3-7-16(15)23)21(25-19)29-12-10-28(11-13-29)17-8-4-5-9-24-17/h2-9H,10-14H2,1H3,(H,26,31,32). The second-order valence-corrected chi connectivity index (χ2v) is 7.74. The molecule has 1 aliphatic rings. The molecule has 1 aliphatic heterocycles. The molecule has 3 aromatic heterocycles. The van der Waals surface area contributed by atoms with Crippen LogP contribution in [0.3, 0.4) is 0 Å². The van der Waals surface area contributed by atoms with Gasteiger partial charge in [-0.3, -0.25) is 18.9 Å². The van der Waals surface area contributed by atoms with Crippen LogP contribution in [0.5, 0.6) is 0 Å². The summed E-state index contributed by atoms with van der Waals surface area (Å²) in [5.74, 6) is 1.09. The van der Waals surface area contributed by atoms with Gasteiger partial charge >= 0.3 is 5.69 Å². The molecule has 4 aromatic rings. The number of nitrogens with zero attached hydrogens (tertiary/aromatic N) is 6. The Balaban J connectivity index is 1.56. The van der Waals surface area contributed by atoms with Crippen LogP contribution in [0.2, 0.25) is 0 Å². The number of pyridine rings is 1. The fourth-order valence-corrected chi connectivity index (χ4v) is 4.09. The van der Waals surface area contributed by atoms with Gasteiger partial charge in [-0.2, -0.15) is 4.98 Å². The Kier molecular flexibility index (Phi) is 4.96. The van der Waals surface area contributed by atoms with Crippen LogP contribution < -0.4 is 21.0 Å². The van der Waals surface area contributed by atoms with Crippen molar-refractivity contribution < 1.29 is 4.39 Å². The fraction of sp³-hybridized carbons (Fsp3) is 0.273. The van der Waals surface area contributed by atoms with Gasteiger partial charge in [0.2, 0.25) is 5.95 Å². The highest BCUT2D eigenvalue weighted by molar-refractivity contribution is 5.74. The quantitative estimate of drug-likeness (QED) is 0.520. The van der Waals surface area contributed by atoms with E-state index in [1.54, 1.807) is 36.0 Å². The number of piperazine rings is 1. The van der Waals surface area contributed by atoms with E-state index in [1.807, 2.05) is 18.2 Å². The third kappa shape index (κ3) is 3.43. The highest BCUT2D eigenvalue weighted by Gasteiger charge is 2.25. The van der Waals surface area contributed by atoms with Crippen LogP contribution in [0.1, 0.15) is 5.56 Å². The number of benzene rings is 1. The monoisotopic (exact) mass is 435 g/mol. The van der Waals surface area contributed by atoms with Crippen molar-refractivity contribution in [3.8, 4) is 0 Å². The van der Waals surface area contributed by atoms with Gasteiger partial charge in [0, 0.05) is 45.0 Å². The molecule has 1 saturated heterocycles. The van der Waals surface area contributed by atoms with Gasteiger partial charge in [0.05, 0.1) is 6.54 Å². The van der Waals surface area contributed by atoms with Crippen LogP contribution >= 0.6 is 0 Å². The van der Waals surface area contributed by atoms with Gasteiger partial charge < -0.3 is 9.80 Å². The topological polar surface area (TPSA) is 92.0 Å². The molecular weight excluding hydrogens is 413 g/mol. The maximum atomic E-state index is 14.4. The number of hydrogen-bond donors (Lipinski definition) is 1. The number of nitrogens with one attached hydrogen (secondary N) is 1. The third-order valence-electron chi connectivity index (χ3n) is 5.81. The van der Waals surface area contributed by atoms with Gasteiger partial charge in [0.15, 0.2) is 11.2 Å². The van der Waals surface area contributed by atoms with E-state index in [0.29, 0.717) is 24.6 Å². The molecule has 164 valence electrons. The Bertz CT molecular complexity index is 1390. The number of anilines is 2. The van der Waals surface area contributed by atoms with E-state index in [1.165, 1.54) is 10.6 Å². The average molecular weight is 435 g/mol. The molecule has 0 spiro atoms. The van der Waals surface area contributed by atoms with Gasteiger partial charge in [0.25, 0.3) is 5.56 Å². The average Bonchev–Trinajstić information content (AvgIpc) is 3.20. The smallest absolute Gasteiger partial charge is 0.329 e. The molecule has 1 aromatic carbocycles. The first kappa shape index (κ1) is 20.0. The normalized spacial score (nSPS) is 14.3. The molecule has 0 bridgehead atoms. The van der Waals surface area contributed by atoms with Crippen molar-refractivity contribution in [3.05, 3.63) is 80.9 Å². The fourth-order valence-electron chi connectivity index (χ4n) is 4.09. The van der Waals surface area contributed by atoms with Crippen molar-refractivity contribution >= 4 is 22.9 Å². The zero-order valence-corrected chi connectivity index (χ0v) is 17.5. The minimum absolute atomic E-state index is 0.125. The molecule has 9 nitrogen and oxygen atoms in total. The van der Waals surface area contributed by atoms with E-state index in [4.69, 9.17) is 0 Å². The number of fused-ring (bicyclic) bond motifs is 1. The lowest BCUT2D eigenvalue weighted by Crippen LogP contribution is -2.47. The van der Waals surface area contributed by atoms with Crippen LogP contribution in [0.25, 0.3) is 11.2 Å². The molecule has 0 radical (unpaired) electrons. The molecule has 0 atom stereocenters. The maximum Gasteiger partial charge on any atom is 0.329 e. The lowest BCUT2D eigenvalue weighted by atomic mass is 10.2. The van der Waals surface area contributed by atoms with E-state index >= 15 is 0 Å². The number of rotatable bonds is 4. The zero-order valence-electron chi connectivity index (χ0n) is 17.5. The molecule has 32 heavy (non-hydrogen) atoms. The summed E-state index contributed by atoms with van der Waals surface area (Å²) in [6.07, 6.45) is 1.77. The molecule has 1 N–H and O–H groups in total. The van der Waals surface area contributed by atoms with Gasteiger partial charge in [-0.05, 0) is 18.2 Å². The van der Waals surface area contributed by atoms with Crippen LogP contribution in [0, 0.1) is 5.82 Å². The number of aryl methyl sites for hydroxylation is 1. The van der Waals surface area contributed by atoms with Gasteiger partial charge in [-0.15, -0.1) is 0 Å². The van der Waals surface area contributed by atoms with Crippen molar-refractivity contribution in [2.75, 3.05) is 36.0 Å². The van der Waals surface area contributed by atoms with Crippen molar-refractivity contribution in [1.82, 2.24) is 24.1 Å². The van der Waals surface area contributed by atoms with E-state index < -0.39 is 11.2 Å². The van der Waals surface area contributed by atoms with E-state index in [0.717, 1.165) is 18.9 Å². The summed E-state index contributed by atoms with van der Waals surface area (Å²) in [5.41, 5.74) is -0.113. The molecular formula is C22H22FN7O2. The summed E-state index contributed by atoms with van der Waals surface area (Å²) >= 11 is 0. The van der Waals surface area contributed by atoms with Gasteiger partial charge in [0.1, 0.15) is 11.6 Å². The van der Waals surface area contributed by atoms with Crippen molar-refractivity contribution in [3.63, 3.8) is 0 Å². The number of hydrogen-bond acceptors (Lipinski definition) is 6. The summed E-state index contributed by atoms with van der Waals surface area (Å²) in [7, 11) is 1.56. The minimum atomic E-state index is -0.537. The van der Waals surface area contributed by atoms with Crippen molar-refractivity contribution in [1.29, 1.82) is 0 Å². The third-order valence-corrected chi connectivity index (χ3v) is 5.81. The first-order valence-electron chi connectivity index (χ1n) is 10.4. The molecule has 0 aliphatic carbocycles. The van der Waals surface area contributed by atoms with E-state index in [9.17, 15) is 14.0 Å². The lowest BCUT2D eigenvalue weighted by molar-refractivity contribution is 0.592. The van der Waals surface area contributed by atoms with Crippen LogP contribution in [0.4, 0.5) is 16.2 Å². The number of H-pyrrole nitrogens is 1. The molecule has 1 fully saturated rings. The second-order valence-electron chi connectivity index (χ2n) is 7.74. The highest BCUT2D eigenvalue weighted by Crippen LogP contribution is 2.24. The first-order chi connectivity index (χ1) is 15.5. The molecule has 5 rings (SSSR count). The maximum absolute atomic E-state index is 14.4. The van der Waals surface area contributed by atoms with Crippen LogP contribution in [0.15, 0.2) is 58.3 Å². The summed E-state index contributed by atoms with van der Waals surface area (Å²) in [5, 5.41) is 0. The SMILES string of the molecule is Cn1c(=O)[nH]c(=O)c2c1nc(N1CCN(c3ccccn3)CC1)n2Cc1ccccc1F. The summed E-state index contributed by atoms with van der Waals surface area (Å²) in [6.45, 7) is 2.84. The number of halogens is 1. The predicted octanol–water partition coefficient (Wildman–Crippen LogP) is 1.33. The van der Waals surface area contributed by atoms with E-state index in [2.05, 4.69) is 24.8 Å². The number of aromatic amines is 1. The first-order valence-corrected chi connectivity index (χ1v) is 10.4. The van der Waals surface area contributed by atoms with Gasteiger partial charge in [-0.25, -0.2) is 14.2 Å². The van der Waals surface area contributed by atoms with E-state index in [-0.39, 0.29) is 23.5 Å². The highest BCUT2D eigenvalue weighted by atomic mass is 19.1. The minimum Gasteiger partial charge on any atom is -0.353 e. The number of aromatic nitrogens is 5. The summed E-state index contributed by atoms with van der Waals surface area (Å²) in [6, 6.07) is 12.3. The van der Waals surface area contributed by atoms with Crippen molar-refractivity contribution in [2.45, 2.75) is 6.54 Å². The van der Waals surface area contributed by atoms with Crippen LogP contribution in [-0.4, -0.2) is 50.3 Å². The molecule has 0 unspecified atom stereocenters. The Morgan fingerprint density at radius 2 is 1.72 bits per heavy atom. The Hall–Kier alpha value is -3.95. The summed E-state index contributed by atoms with van der Waals surface area (Å²) in [4.78, 5) is 40.5.